The molecule has 28 heavy (non-hydrogen) atoms. The van der Waals surface area contributed by atoms with E-state index < -0.39 is 0 Å². The second kappa shape index (κ2) is 9.08. The van der Waals surface area contributed by atoms with Crippen LogP contribution in [0.15, 0.2) is 53.9 Å². The molecule has 2 aromatic carbocycles. The van der Waals surface area contributed by atoms with E-state index in [9.17, 15) is 9.18 Å². The third-order valence-electron chi connectivity index (χ3n) is 4.43. The number of amides is 1. The van der Waals surface area contributed by atoms with Gasteiger partial charge in [-0.15, -0.1) is 11.3 Å². The van der Waals surface area contributed by atoms with Crippen molar-refractivity contribution in [3.63, 3.8) is 0 Å². The maximum atomic E-state index is 13.4. The molecular formula is C22H24FN3OS. The van der Waals surface area contributed by atoms with Crippen LogP contribution >= 0.6 is 11.3 Å². The van der Waals surface area contributed by atoms with Crippen molar-refractivity contribution in [2.75, 3.05) is 11.9 Å². The zero-order valence-corrected chi connectivity index (χ0v) is 17.2. The molecule has 6 heteroatoms. The summed E-state index contributed by atoms with van der Waals surface area (Å²) in [6.45, 7) is 4.88. The number of aryl methyl sites for hydroxylation is 1. The Labute approximate surface area is 169 Å². The number of hydrogen-bond acceptors (Lipinski definition) is 4. The van der Waals surface area contributed by atoms with Crippen LogP contribution < -0.4 is 4.90 Å². The van der Waals surface area contributed by atoms with Crippen LogP contribution in [0.5, 0.6) is 0 Å². The molecule has 0 saturated carbocycles. The maximum Gasteiger partial charge on any atom is 0.230 e. The number of thiazole rings is 1. The Kier molecular flexibility index (Phi) is 6.54. The van der Waals surface area contributed by atoms with Gasteiger partial charge in [-0.1, -0.05) is 37.3 Å². The van der Waals surface area contributed by atoms with Gasteiger partial charge in [-0.2, -0.15) is 0 Å². The number of anilines is 2. The van der Waals surface area contributed by atoms with Crippen molar-refractivity contribution in [3.8, 4) is 0 Å². The first-order valence-corrected chi connectivity index (χ1v) is 10.1. The van der Waals surface area contributed by atoms with Gasteiger partial charge in [-0.3, -0.25) is 14.6 Å². The second-order valence-electron chi connectivity index (χ2n) is 6.76. The van der Waals surface area contributed by atoms with Crippen LogP contribution in [0, 0.1) is 5.82 Å². The summed E-state index contributed by atoms with van der Waals surface area (Å²) in [6.07, 6.45) is 0.842. The molecule has 4 nitrogen and oxygen atoms in total. The smallest absolute Gasteiger partial charge is 0.230 e. The highest BCUT2D eigenvalue weighted by atomic mass is 32.1. The Hall–Kier alpha value is -2.57. The van der Waals surface area contributed by atoms with Gasteiger partial charge in [0.2, 0.25) is 5.91 Å². The molecule has 0 radical (unpaired) electrons. The largest absolute Gasteiger partial charge is 0.296 e. The molecule has 0 aliphatic carbocycles. The minimum Gasteiger partial charge on any atom is -0.296 e. The zero-order valence-electron chi connectivity index (χ0n) is 16.4. The summed E-state index contributed by atoms with van der Waals surface area (Å²) in [5.74, 6) is -0.288. The quantitative estimate of drug-likeness (QED) is 0.552. The van der Waals surface area contributed by atoms with Crippen LogP contribution in [0.1, 0.15) is 30.7 Å². The average Bonchev–Trinajstić information content (AvgIpc) is 3.09. The topological polar surface area (TPSA) is 36.4 Å². The first kappa shape index (κ1) is 20.2. The highest BCUT2D eigenvalue weighted by Crippen LogP contribution is 2.32. The highest BCUT2D eigenvalue weighted by molar-refractivity contribution is 7.14. The van der Waals surface area contributed by atoms with Gasteiger partial charge in [0.15, 0.2) is 5.13 Å². The minimum absolute atomic E-state index is 0.0603. The number of halogens is 1. The van der Waals surface area contributed by atoms with Gasteiger partial charge in [-0.05, 0) is 42.8 Å². The molecule has 0 unspecified atom stereocenters. The van der Waals surface area contributed by atoms with Gasteiger partial charge in [0.05, 0.1) is 11.4 Å². The lowest BCUT2D eigenvalue weighted by molar-refractivity contribution is -0.115. The number of rotatable bonds is 7. The van der Waals surface area contributed by atoms with Crippen molar-refractivity contribution in [1.29, 1.82) is 0 Å². The van der Waals surface area contributed by atoms with E-state index in [1.165, 1.54) is 17.4 Å². The van der Waals surface area contributed by atoms with Gasteiger partial charge >= 0.3 is 0 Å². The summed E-state index contributed by atoms with van der Waals surface area (Å²) >= 11 is 1.46. The molecule has 0 aliphatic rings. The molecule has 0 bridgehead atoms. The highest BCUT2D eigenvalue weighted by Gasteiger charge is 2.20. The number of para-hydroxylation sites is 1. The van der Waals surface area contributed by atoms with Gasteiger partial charge in [0.25, 0.3) is 0 Å². The molecule has 0 fully saturated rings. The Morgan fingerprint density at radius 1 is 1.14 bits per heavy atom. The van der Waals surface area contributed by atoms with Crippen molar-refractivity contribution in [1.82, 2.24) is 9.88 Å². The van der Waals surface area contributed by atoms with Gasteiger partial charge in [0, 0.05) is 25.4 Å². The molecule has 1 heterocycles. The monoisotopic (exact) mass is 397 g/mol. The Balaban J connectivity index is 1.76. The fraction of sp³-hybridized carbons (Fsp3) is 0.273. The molecule has 3 aromatic rings. The van der Waals surface area contributed by atoms with E-state index in [0.717, 1.165) is 28.9 Å². The molecule has 0 spiro atoms. The SMILES string of the molecule is CCc1ccccc1N(C(C)=O)c1nc(CN(C)Cc2cccc(F)c2)cs1. The summed E-state index contributed by atoms with van der Waals surface area (Å²) in [6, 6.07) is 14.5. The molecular weight excluding hydrogens is 373 g/mol. The first-order chi connectivity index (χ1) is 13.5. The third kappa shape index (κ3) is 4.82. The third-order valence-corrected chi connectivity index (χ3v) is 5.31. The van der Waals surface area contributed by atoms with E-state index in [2.05, 4.69) is 11.8 Å². The molecule has 0 atom stereocenters. The van der Waals surface area contributed by atoms with Crippen LogP contribution in [0.3, 0.4) is 0 Å². The summed E-state index contributed by atoms with van der Waals surface area (Å²) in [4.78, 5) is 20.8. The molecule has 0 aliphatic heterocycles. The summed E-state index contributed by atoms with van der Waals surface area (Å²) in [7, 11) is 1.97. The molecule has 146 valence electrons. The van der Waals surface area contributed by atoms with Crippen LogP contribution in [0.4, 0.5) is 15.2 Å². The predicted molar refractivity (Wildman–Crippen MR) is 112 cm³/mol. The van der Waals surface area contributed by atoms with E-state index in [-0.39, 0.29) is 11.7 Å². The normalized spacial score (nSPS) is 11.0. The van der Waals surface area contributed by atoms with Crippen molar-refractivity contribution in [2.45, 2.75) is 33.4 Å². The lowest BCUT2D eigenvalue weighted by Gasteiger charge is -2.21. The van der Waals surface area contributed by atoms with Crippen LogP contribution in [0.2, 0.25) is 0 Å². The zero-order chi connectivity index (χ0) is 20.1. The predicted octanol–water partition coefficient (Wildman–Crippen LogP) is 5.16. The average molecular weight is 398 g/mol. The van der Waals surface area contributed by atoms with Gasteiger partial charge < -0.3 is 0 Å². The van der Waals surface area contributed by atoms with Crippen molar-refractivity contribution in [2.24, 2.45) is 0 Å². The van der Waals surface area contributed by atoms with Gasteiger partial charge in [0.1, 0.15) is 5.82 Å². The molecule has 0 N–H and O–H groups in total. The first-order valence-electron chi connectivity index (χ1n) is 9.24. The number of nitrogens with zero attached hydrogens (tertiary/aromatic N) is 3. The van der Waals surface area contributed by atoms with Crippen molar-refractivity contribution in [3.05, 3.63) is 76.5 Å². The van der Waals surface area contributed by atoms with E-state index in [1.807, 2.05) is 42.8 Å². The Morgan fingerprint density at radius 2 is 1.93 bits per heavy atom. The van der Waals surface area contributed by atoms with Crippen LogP contribution in [0.25, 0.3) is 0 Å². The van der Waals surface area contributed by atoms with E-state index in [1.54, 1.807) is 24.0 Å². The molecule has 3 rings (SSSR count). The van der Waals surface area contributed by atoms with E-state index in [4.69, 9.17) is 4.98 Å². The minimum atomic E-state index is -0.228. The number of carbonyl (C=O) groups is 1. The Morgan fingerprint density at radius 3 is 2.64 bits per heavy atom. The van der Waals surface area contributed by atoms with Gasteiger partial charge in [-0.25, -0.2) is 9.37 Å². The molecule has 1 aromatic heterocycles. The van der Waals surface area contributed by atoms with Crippen molar-refractivity contribution < 1.29 is 9.18 Å². The summed E-state index contributed by atoms with van der Waals surface area (Å²) in [5.41, 5.74) is 3.79. The standard InChI is InChI=1S/C22H24FN3OS/c1-4-18-9-5-6-11-21(18)26(16(2)27)22-24-20(15-28-22)14-25(3)13-17-8-7-10-19(23)12-17/h5-12,15H,4,13-14H2,1-3H3. The summed E-state index contributed by atoms with van der Waals surface area (Å²) in [5, 5.41) is 2.64. The van der Waals surface area contributed by atoms with E-state index in [0.29, 0.717) is 18.2 Å². The molecule has 1 amide bonds. The molecule has 0 saturated heterocycles. The lowest BCUT2D eigenvalue weighted by Crippen LogP contribution is -2.24. The number of hydrogen-bond donors (Lipinski definition) is 0. The maximum absolute atomic E-state index is 13.4. The van der Waals surface area contributed by atoms with Crippen LogP contribution in [-0.2, 0) is 24.3 Å². The Bertz CT molecular complexity index is 956. The van der Waals surface area contributed by atoms with Crippen molar-refractivity contribution >= 4 is 28.1 Å². The second-order valence-corrected chi connectivity index (χ2v) is 7.60. The fourth-order valence-corrected chi connectivity index (χ4v) is 4.06. The summed E-state index contributed by atoms with van der Waals surface area (Å²) < 4.78 is 13.4. The number of aromatic nitrogens is 1. The van der Waals surface area contributed by atoms with Crippen LogP contribution in [-0.4, -0.2) is 22.8 Å². The lowest BCUT2D eigenvalue weighted by atomic mass is 10.1. The van der Waals surface area contributed by atoms with E-state index >= 15 is 0 Å². The fourth-order valence-electron chi connectivity index (χ4n) is 3.19. The number of carbonyl (C=O) groups excluding carboxylic acids is 1. The number of benzene rings is 2.